The summed E-state index contributed by atoms with van der Waals surface area (Å²) in [4.78, 5) is 18.9. The van der Waals surface area contributed by atoms with Gasteiger partial charge in [-0.05, 0) is 32.1 Å². The average Bonchev–Trinajstić information content (AvgIpc) is 3.25. The molecule has 1 aromatic heterocycles. The van der Waals surface area contributed by atoms with E-state index < -0.39 is 0 Å². The first kappa shape index (κ1) is 21.1. The molecule has 0 unspecified atom stereocenters. The number of nitrogens with zero attached hydrogens (tertiary/aromatic N) is 3. The van der Waals surface area contributed by atoms with Crippen LogP contribution in [0.2, 0.25) is 0 Å². The third-order valence-electron chi connectivity index (χ3n) is 4.56. The lowest BCUT2D eigenvalue weighted by atomic mass is 10.1. The van der Waals surface area contributed by atoms with Crippen molar-refractivity contribution in [1.29, 1.82) is 0 Å². The van der Waals surface area contributed by atoms with Gasteiger partial charge in [-0.2, -0.15) is 4.98 Å². The fourth-order valence-corrected chi connectivity index (χ4v) is 2.90. The summed E-state index contributed by atoms with van der Waals surface area (Å²) >= 11 is 0. The Kier molecular flexibility index (Phi) is 6.85. The third-order valence-corrected chi connectivity index (χ3v) is 4.56. The van der Waals surface area contributed by atoms with Crippen molar-refractivity contribution in [1.82, 2.24) is 15.0 Å². The normalized spacial score (nSPS) is 11.1. The van der Waals surface area contributed by atoms with Crippen LogP contribution in [0.25, 0.3) is 17.5 Å². The van der Waals surface area contributed by atoms with Crippen LogP contribution < -0.4 is 9.47 Å². The smallest absolute Gasteiger partial charge is 0.247 e. The number of amides is 1. The molecule has 0 aliphatic rings. The second kappa shape index (κ2) is 9.73. The highest BCUT2D eigenvalue weighted by Gasteiger charge is 2.19. The number of benzene rings is 2. The zero-order chi connectivity index (χ0) is 21.5. The van der Waals surface area contributed by atoms with E-state index >= 15 is 0 Å². The lowest BCUT2D eigenvalue weighted by molar-refractivity contribution is -0.128. The molecule has 0 bridgehead atoms. The molecule has 0 aliphatic carbocycles. The monoisotopic (exact) mass is 407 g/mol. The molecule has 0 saturated heterocycles. The molecule has 1 amide bonds. The zero-order valence-electron chi connectivity index (χ0n) is 17.5. The van der Waals surface area contributed by atoms with E-state index in [1.165, 1.54) is 6.08 Å². The van der Waals surface area contributed by atoms with Crippen LogP contribution >= 0.6 is 0 Å². The summed E-state index contributed by atoms with van der Waals surface area (Å²) in [5.74, 6) is 2.03. The molecule has 3 rings (SSSR count). The highest BCUT2D eigenvalue weighted by atomic mass is 16.5. The van der Waals surface area contributed by atoms with Crippen LogP contribution in [0.15, 0.2) is 59.1 Å². The highest BCUT2D eigenvalue weighted by Crippen LogP contribution is 2.25. The van der Waals surface area contributed by atoms with Crippen molar-refractivity contribution >= 4 is 12.0 Å². The topological polar surface area (TPSA) is 77.7 Å². The molecule has 0 atom stereocenters. The number of carbonyl (C=O) groups excluding carboxylic acids is 1. The van der Waals surface area contributed by atoms with Crippen LogP contribution in [0.4, 0.5) is 0 Å². The van der Waals surface area contributed by atoms with Gasteiger partial charge in [0.25, 0.3) is 0 Å². The fraction of sp³-hybridized carbons (Fsp3) is 0.261. The molecule has 7 heteroatoms. The minimum atomic E-state index is -0.165. The summed E-state index contributed by atoms with van der Waals surface area (Å²) in [6, 6.07) is 14.9. The summed E-state index contributed by atoms with van der Waals surface area (Å²) in [6.07, 6.45) is 3.23. The second-order valence-electron chi connectivity index (χ2n) is 6.88. The summed E-state index contributed by atoms with van der Waals surface area (Å²) in [5.41, 5.74) is 1.64. The average molecular weight is 407 g/mol. The number of hydrogen-bond acceptors (Lipinski definition) is 6. The summed E-state index contributed by atoms with van der Waals surface area (Å²) in [7, 11) is 3.17. The Morgan fingerprint density at radius 2 is 1.90 bits per heavy atom. The standard InChI is InChI=1S/C23H25N3O4/c1-16(2)26(15-21-24-23(25-30-21)18-8-6-5-7-9-18)22(27)13-11-17-10-12-19(28-3)14-20(17)29-4/h5-14,16H,15H2,1-4H3/b13-11+. The number of aromatic nitrogens is 2. The number of hydrogen-bond donors (Lipinski definition) is 0. The number of carbonyl (C=O) groups is 1. The van der Waals surface area contributed by atoms with Crippen LogP contribution in [0.1, 0.15) is 25.3 Å². The van der Waals surface area contributed by atoms with Gasteiger partial charge >= 0.3 is 0 Å². The van der Waals surface area contributed by atoms with E-state index in [-0.39, 0.29) is 18.5 Å². The summed E-state index contributed by atoms with van der Waals surface area (Å²) in [6.45, 7) is 4.10. The van der Waals surface area contributed by atoms with Crippen molar-refractivity contribution in [2.75, 3.05) is 14.2 Å². The third kappa shape index (κ3) is 5.05. The molecule has 0 spiro atoms. The van der Waals surface area contributed by atoms with E-state index in [9.17, 15) is 4.79 Å². The maximum absolute atomic E-state index is 12.8. The maximum atomic E-state index is 12.8. The second-order valence-corrected chi connectivity index (χ2v) is 6.88. The fourth-order valence-electron chi connectivity index (χ4n) is 2.90. The van der Waals surface area contributed by atoms with Gasteiger partial charge in [-0.15, -0.1) is 0 Å². The summed E-state index contributed by atoms with van der Waals surface area (Å²) < 4.78 is 15.9. The van der Waals surface area contributed by atoms with E-state index in [4.69, 9.17) is 14.0 Å². The minimum Gasteiger partial charge on any atom is -0.497 e. The molecule has 7 nitrogen and oxygen atoms in total. The van der Waals surface area contributed by atoms with Crippen molar-refractivity contribution in [2.24, 2.45) is 0 Å². The SMILES string of the molecule is COc1ccc(/C=C/C(=O)N(Cc2nc(-c3ccccc3)no2)C(C)C)c(OC)c1. The Balaban J connectivity index is 1.74. The molecule has 0 radical (unpaired) electrons. The largest absolute Gasteiger partial charge is 0.497 e. The molecule has 0 N–H and O–H groups in total. The van der Waals surface area contributed by atoms with E-state index in [1.54, 1.807) is 31.3 Å². The van der Waals surface area contributed by atoms with Crippen LogP contribution in [0, 0.1) is 0 Å². The molecule has 0 aliphatic heterocycles. The predicted octanol–water partition coefficient (Wildman–Crippen LogP) is 4.20. The number of ether oxygens (including phenoxy) is 2. The molecule has 30 heavy (non-hydrogen) atoms. The molecule has 2 aromatic carbocycles. The van der Waals surface area contributed by atoms with E-state index in [0.29, 0.717) is 23.2 Å². The Hall–Kier alpha value is -3.61. The Bertz CT molecular complexity index is 1010. The first-order valence-corrected chi connectivity index (χ1v) is 9.60. The lowest BCUT2D eigenvalue weighted by Crippen LogP contribution is -2.35. The Morgan fingerprint density at radius 3 is 2.57 bits per heavy atom. The van der Waals surface area contributed by atoms with Crippen LogP contribution in [0.3, 0.4) is 0 Å². The lowest BCUT2D eigenvalue weighted by Gasteiger charge is -2.23. The highest BCUT2D eigenvalue weighted by molar-refractivity contribution is 5.92. The maximum Gasteiger partial charge on any atom is 0.247 e. The van der Waals surface area contributed by atoms with Crippen LogP contribution in [0.5, 0.6) is 11.5 Å². The van der Waals surface area contributed by atoms with Crippen molar-refractivity contribution in [2.45, 2.75) is 26.4 Å². The van der Waals surface area contributed by atoms with Crippen molar-refractivity contribution in [3.8, 4) is 22.9 Å². The van der Waals surface area contributed by atoms with Gasteiger partial charge in [0, 0.05) is 29.3 Å². The zero-order valence-corrected chi connectivity index (χ0v) is 17.5. The Morgan fingerprint density at radius 1 is 1.13 bits per heavy atom. The minimum absolute atomic E-state index is 0.0491. The molecule has 0 fully saturated rings. The first-order chi connectivity index (χ1) is 14.5. The molecule has 0 saturated carbocycles. The van der Waals surface area contributed by atoms with Crippen LogP contribution in [-0.4, -0.2) is 41.2 Å². The number of methoxy groups -OCH3 is 2. The predicted molar refractivity (Wildman–Crippen MR) is 114 cm³/mol. The molecular weight excluding hydrogens is 382 g/mol. The number of rotatable bonds is 8. The van der Waals surface area contributed by atoms with Gasteiger partial charge in [-0.1, -0.05) is 35.5 Å². The first-order valence-electron chi connectivity index (χ1n) is 9.60. The van der Waals surface area contributed by atoms with Crippen molar-refractivity contribution in [3.05, 3.63) is 66.1 Å². The van der Waals surface area contributed by atoms with Gasteiger partial charge in [0.05, 0.1) is 14.2 Å². The quantitative estimate of drug-likeness (QED) is 0.521. The van der Waals surface area contributed by atoms with E-state index in [0.717, 1.165) is 11.1 Å². The van der Waals surface area contributed by atoms with Gasteiger partial charge in [-0.25, -0.2) is 0 Å². The molecule has 3 aromatic rings. The molecular formula is C23H25N3O4. The van der Waals surface area contributed by atoms with Gasteiger partial charge in [0.1, 0.15) is 18.0 Å². The van der Waals surface area contributed by atoms with Gasteiger partial charge in [-0.3, -0.25) is 4.79 Å². The van der Waals surface area contributed by atoms with Gasteiger partial charge in [0.15, 0.2) is 0 Å². The molecule has 156 valence electrons. The summed E-state index contributed by atoms with van der Waals surface area (Å²) in [5, 5.41) is 4.02. The van der Waals surface area contributed by atoms with Gasteiger partial charge < -0.3 is 18.9 Å². The van der Waals surface area contributed by atoms with Crippen molar-refractivity contribution in [3.63, 3.8) is 0 Å². The van der Waals surface area contributed by atoms with Crippen molar-refractivity contribution < 1.29 is 18.8 Å². The van der Waals surface area contributed by atoms with E-state index in [1.807, 2.05) is 56.3 Å². The van der Waals surface area contributed by atoms with Gasteiger partial charge in [0.2, 0.25) is 17.6 Å². The Labute approximate surface area is 175 Å². The van der Waals surface area contributed by atoms with Crippen LogP contribution in [-0.2, 0) is 11.3 Å². The molecule has 1 heterocycles. The van der Waals surface area contributed by atoms with E-state index in [2.05, 4.69) is 10.1 Å².